The predicted octanol–water partition coefficient (Wildman–Crippen LogP) is -0.142. The highest BCUT2D eigenvalue weighted by Gasteiger charge is 2.17. The van der Waals surface area contributed by atoms with Crippen LogP contribution in [0.2, 0.25) is 0 Å². The maximum atomic E-state index is 11.8. The van der Waals surface area contributed by atoms with Crippen LogP contribution < -0.4 is 15.8 Å². The number of benzene rings is 1. The van der Waals surface area contributed by atoms with Crippen LogP contribution in [-0.4, -0.2) is 42.8 Å². The van der Waals surface area contributed by atoms with Gasteiger partial charge < -0.3 is 15.6 Å². The third-order valence-electron chi connectivity index (χ3n) is 2.78. The Labute approximate surface area is 139 Å². The number of hydrogen-bond acceptors (Lipinski definition) is 6. The van der Waals surface area contributed by atoms with Crippen molar-refractivity contribution in [3.63, 3.8) is 0 Å². The normalized spacial score (nSPS) is 13.2. The number of amides is 1. The third-order valence-corrected chi connectivity index (χ3v) is 2.78. The Hall–Kier alpha value is -2.43. The molecule has 0 radical (unpaired) electrons. The molecule has 0 bridgehead atoms. The predicted molar refractivity (Wildman–Crippen MR) is 88.0 cm³/mol. The van der Waals surface area contributed by atoms with Gasteiger partial charge in [-0.25, -0.2) is 0 Å². The summed E-state index contributed by atoms with van der Waals surface area (Å²) in [5.41, 5.74) is 7.05. The van der Waals surface area contributed by atoms with E-state index in [2.05, 4.69) is 5.32 Å². The van der Waals surface area contributed by atoms with Crippen molar-refractivity contribution in [3.05, 3.63) is 34.9 Å². The third kappa shape index (κ3) is 6.77. The van der Waals surface area contributed by atoms with Gasteiger partial charge in [-0.05, 0) is 6.08 Å². The van der Waals surface area contributed by atoms with Crippen molar-refractivity contribution >= 4 is 28.1 Å². The Balaban J connectivity index is 0.000000505. The molecule has 1 aromatic carbocycles. The SMILES string of the molecule is CS(=O)(=O)O.N=C(N)NC(=O)C1=Cc2cccc(CO)c2OCC1. The second-order valence-corrected chi connectivity index (χ2v) is 6.33. The molecule has 0 saturated carbocycles. The van der Waals surface area contributed by atoms with Gasteiger partial charge in [0.25, 0.3) is 16.0 Å². The minimum atomic E-state index is -3.67. The van der Waals surface area contributed by atoms with E-state index in [0.29, 0.717) is 36.2 Å². The molecule has 1 aliphatic heterocycles. The summed E-state index contributed by atoms with van der Waals surface area (Å²) in [6.45, 7) is 0.215. The summed E-state index contributed by atoms with van der Waals surface area (Å²) in [5, 5.41) is 18.6. The fourth-order valence-electron chi connectivity index (χ4n) is 1.92. The number of guanidine groups is 1. The van der Waals surface area contributed by atoms with Crippen molar-refractivity contribution < 1.29 is 27.6 Å². The van der Waals surface area contributed by atoms with Crippen LogP contribution in [0.25, 0.3) is 6.08 Å². The lowest BCUT2D eigenvalue weighted by Gasteiger charge is -2.09. The van der Waals surface area contributed by atoms with Crippen LogP contribution in [0.1, 0.15) is 17.5 Å². The van der Waals surface area contributed by atoms with Gasteiger partial charge >= 0.3 is 0 Å². The summed E-state index contributed by atoms with van der Waals surface area (Å²) < 4.78 is 31.4. The summed E-state index contributed by atoms with van der Waals surface area (Å²) in [4.78, 5) is 11.8. The molecule has 10 heteroatoms. The van der Waals surface area contributed by atoms with Crippen molar-refractivity contribution in [2.75, 3.05) is 12.9 Å². The second-order valence-electron chi connectivity index (χ2n) is 4.86. The standard InChI is InChI=1S/C13H15N3O3.CH4O3S/c14-13(15)16-12(18)9-4-5-19-11-8(6-9)2-1-3-10(11)7-17;1-5(2,3)4/h1-3,6,17H,4-5,7H2,(H4,14,15,16,18);1H3,(H,2,3,4). The first-order valence-corrected chi connectivity index (χ1v) is 8.60. The molecule has 1 amide bonds. The van der Waals surface area contributed by atoms with Crippen LogP contribution in [0.5, 0.6) is 5.75 Å². The Kier molecular flexibility index (Phi) is 6.89. The molecule has 0 spiro atoms. The number of carbonyl (C=O) groups is 1. The highest BCUT2D eigenvalue weighted by molar-refractivity contribution is 7.85. The van der Waals surface area contributed by atoms with Crippen molar-refractivity contribution in [2.24, 2.45) is 5.73 Å². The highest BCUT2D eigenvalue weighted by atomic mass is 32.2. The molecule has 9 nitrogen and oxygen atoms in total. The maximum absolute atomic E-state index is 11.8. The number of rotatable bonds is 2. The molecule has 2 rings (SSSR count). The molecule has 1 aliphatic rings. The number of nitrogens with two attached hydrogens (primary N) is 1. The zero-order chi connectivity index (χ0) is 18.3. The monoisotopic (exact) mass is 357 g/mol. The minimum Gasteiger partial charge on any atom is -0.492 e. The van der Waals surface area contributed by atoms with Gasteiger partial charge in [-0.1, -0.05) is 18.2 Å². The molecule has 0 saturated heterocycles. The van der Waals surface area contributed by atoms with E-state index in [9.17, 15) is 18.3 Å². The van der Waals surface area contributed by atoms with Gasteiger partial charge in [0.2, 0.25) is 0 Å². The van der Waals surface area contributed by atoms with Gasteiger partial charge in [0, 0.05) is 23.1 Å². The Morgan fingerprint density at radius 1 is 1.46 bits per heavy atom. The zero-order valence-electron chi connectivity index (χ0n) is 12.9. The van der Waals surface area contributed by atoms with Gasteiger partial charge in [0.1, 0.15) is 5.75 Å². The van der Waals surface area contributed by atoms with Gasteiger partial charge in [-0.3, -0.25) is 20.1 Å². The van der Waals surface area contributed by atoms with Gasteiger partial charge in [-0.2, -0.15) is 8.42 Å². The van der Waals surface area contributed by atoms with Crippen molar-refractivity contribution in [3.8, 4) is 5.75 Å². The number of ether oxygens (including phenoxy) is 1. The molecule has 1 aromatic rings. The van der Waals surface area contributed by atoms with E-state index >= 15 is 0 Å². The average molecular weight is 357 g/mol. The first-order chi connectivity index (χ1) is 11.1. The number of fused-ring (bicyclic) bond motifs is 1. The van der Waals surface area contributed by atoms with E-state index < -0.39 is 16.0 Å². The first kappa shape index (κ1) is 19.6. The molecule has 0 aromatic heterocycles. The van der Waals surface area contributed by atoms with E-state index in [-0.39, 0.29) is 12.6 Å². The quantitative estimate of drug-likeness (QED) is 0.279. The fourth-order valence-corrected chi connectivity index (χ4v) is 1.92. The molecule has 0 atom stereocenters. The lowest BCUT2D eigenvalue weighted by Crippen LogP contribution is -2.36. The van der Waals surface area contributed by atoms with E-state index in [1.807, 2.05) is 0 Å². The number of aliphatic hydroxyl groups is 1. The summed E-state index contributed by atoms with van der Waals surface area (Å²) >= 11 is 0. The molecular formula is C14H19N3O6S. The number of hydrogen-bond donors (Lipinski definition) is 5. The van der Waals surface area contributed by atoms with Crippen LogP contribution in [0.4, 0.5) is 0 Å². The summed E-state index contributed by atoms with van der Waals surface area (Å²) in [7, 11) is -3.67. The van der Waals surface area contributed by atoms with Crippen molar-refractivity contribution in [1.29, 1.82) is 5.41 Å². The minimum absolute atomic E-state index is 0.119. The topological polar surface area (TPSA) is 163 Å². The smallest absolute Gasteiger partial charge is 0.261 e. The van der Waals surface area contributed by atoms with Crippen LogP contribution in [0, 0.1) is 5.41 Å². The van der Waals surface area contributed by atoms with Crippen LogP contribution in [-0.2, 0) is 21.5 Å². The lowest BCUT2D eigenvalue weighted by molar-refractivity contribution is -0.116. The van der Waals surface area contributed by atoms with Crippen LogP contribution in [0.3, 0.4) is 0 Å². The summed E-state index contributed by atoms with van der Waals surface area (Å²) in [5.74, 6) is -0.200. The van der Waals surface area contributed by atoms with E-state index in [1.165, 1.54) is 0 Å². The van der Waals surface area contributed by atoms with Crippen molar-refractivity contribution in [2.45, 2.75) is 13.0 Å². The lowest BCUT2D eigenvalue weighted by atomic mass is 10.1. The molecule has 132 valence electrons. The number of para-hydroxylation sites is 1. The number of carbonyl (C=O) groups excluding carboxylic acids is 1. The average Bonchev–Trinajstić information content (AvgIpc) is 2.66. The second kappa shape index (κ2) is 8.43. The molecule has 0 aliphatic carbocycles. The number of aliphatic hydroxyl groups excluding tert-OH is 1. The highest BCUT2D eigenvalue weighted by Crippen LogP contribution is 2.29. The zero-order valence-corrected chi connectivity index (χ0v) is 13.8. The fraction of sp³-hybridized carbons (Fsp3) is 0.286. The molecule has 1 heterocycles. The Morgan fingerprint density at radius 2 is 2.08 bits per heavy atom. The molecular weight excluding hydrogens is 338 g/mol. The van der Waals surface area contributed by atoms with E-state index in [4.69, 9.17) is 20.4 Å². The molecule has 0 unspecified atom stereocenters. The Morgan fingerprint density at radius 3 is 2.62 bits per heavy atom. The largest absolute Gasteiger partial charge is 0.492 e. The van der Waals surface area contributed by atoms with Crippen LogP contribution in [0.15, 0.2) is 23.8 Å². The van der Waals surface area contributed by atoms with E-state index in [0.717, 1.165) is 5.56 Å². The molecule has 24 heavy (non-hydrogen) atoms. The van der Waals surface area contributed by atoms with E-state index in [1.54, 1.807) is 24.3 Å². The number of nitrogens with one attached hydrogen (secondary N) is 2. The first-order valence-electron chi connectivity index (χ1n) is 6.75. The van der Waals surface area contributed by atoms with Gasteiger partial charge in [-0.15, -0.1) is 0 Å². The molecule has 0 fully saturated rings. The van der Waals surface area contributed by atoms with Crippen molar-refractivity contribution in [1.82, 2.24) is 5.32 Å². The van der Waals surface area contributed by atoms with Gasteiger partial charge in [0.15, 0.2) is 5.96 Å². The summed E-state index contributed by atoms with van der Waals surface area (Å²) in [6.07, 6.45) is 2.82. The molecule has 6 N–H and O–H groups in total. The maximum Gasteiger partial charge on any atom is 0.261 e. The van der Waals surface area contributed by atoms with Gasteiger partial charge in [0.05, 0.1) is 19.5 Å². The van der Waals surface area contributed by atoms with Crippen LogP contribution >= 0.6 is 0 Å². The summed E-state index contributed by atoms with van der Waals surface area (Å²) in [6, 6.07) is 5.37. The Bertz CT molecular complexity index is 750.